The van der Waals surface area contributed by atoms with Crippen molar-refractivity contribution in [1.82, 2.24) is 14.9 Å². The minimum absolute atomic E-state index is 0.0959. The van der Waals surface area contributed by atoms with Crippen LogP contribution in [0.2, 0.25) is 0 Å². The normalized spacial score (nSPS) is 11.0. The number of benzene rings is 1. The van der Waals surface area contributed by atoms with Crippen molar-refractivity contribution in [3.63, 3.8) is 0 Å². The van der Waals surface area contributed by atoms with Gasteiger partial charge in [0.25, 0.3) is 5.91 Å². The van der Waals surface area contributed by atoms with Crippen LogP contribution < -0.4 is 20.7 Å². The first kappa shape index (κ1) is 21.4. The van der Waals surface area contributed by atoms with Gasteiger partial charge in [0.1, 0.15) is 5.75 Å². The molecule has 0 aliphatic heterocycles. The molecule has 0 aliphatic carbocycles. The highest BCUT2D eigenvalue weighted by Crippen LogP contribution is 2.24. The van der Waals surface area contributed by atoms with E-state index in [0.717, 1.165) is 12.1 Å². The third-order valence-corrected chi connectivity index (χ3v) is 3.53. The molecule has 2 rings (SSSR count). The highest BCUT2D eigenvalue weighted by Gasteiger charge is 2.30. The summed E-state index contributed by atoms with van der Waals surface area (Å²) in [5.41, 5.74) is 0.238. The van der Waals surface area contributed by atoms with E-state index >= 15 is 0 Å². The summed E-state index contributed by atoms with van der Waals surface area (Å²) in [6.45, 7) is 0.395. The monoisotopic (exact) mass is 419 g/mol. The van der Waals surface area contributed by atoms with Crippen LogP contribution in [0, 0.1) is 0 Å². The number of ether oxygens (including phenoxy) is 1. The molecule has 1 aromatic heterocycles. The van der Waals surface area contributed by atoms with E-state index in [-0.39, 0.29) is 17.3 Å². The summed E-state index contributed by atoms with van der Waals surface area (Å²) in [5.74, 6) is -0.190. The first-order chi connectivity index (χ1) is 13.2. The minimum Gasteiger partial charge on any atom is -0.406 e. The van der Waals surface area contributed by atoms with Gasteiger partial charge in [-0.15, -0.1) is 24.8 Å². The number of carbonyl (C=O) groups excluding carboxylic acids is 2. The van der Waals surface area contributed by atoms with Crippen molar-refractivity contribution in [3.05, 3.63) is 36.3 Å². The number of rotatable bonds is 7. The van der Waals surface area contributed by atoms with E-state index in [1.807, 2.05) is 0 Å². The van der Waals surface area contributed by atoms with Gasteiger partial charge >= 0.3 is 12.4 Å². The predicted molar refractivity (Wildman–Crippen MR) is 96.6 cm³/mol. The van der Waals surface area contributed by atoms with Gasteiger partial charge in [0.05, 0.1) is 0 Å². The van der Waals surface area contributed by atoms with Crippen LogP contribution in [0.25, 0.3) is 0 Å². The van der Waals surface area contributed by atoms with Crippen LogP contribution in [0.3, 0.4) is 0 Å². The molecule has 0 bridgehead atoms. The Balaban J connectivity index is 1.92. The second kappa shape index (κ2) is 9.31. The number of nitrogens with zero attached hydrogens (tertiary/aromatic N) is 2. The van der Waals surface area contributed by atoms with Gasteiger partial charge in [-0.1, -0.05) is 0 Å². The average Bonchev–Trinajstić information content (AvgIpc) is 2.95. The summed E-state index contributed by atoms with van der Waals surface area (Å²) in [7, 11) is 1.59. The number of halogens is 4. The minimum atomic E-state index is -4.79. The topological polar surface area (TPSA) is 97.3 Å². The van der Waals surface area contributed by atoms with Crippen LogP contribution in [0.15, 0.2) is 30.5 Å². The van der Waals surface area contributed by atoms with Crippen LogP contribution in [0.1, 0.15) is 17.0 Å². The predicted octanol–water partition coefficient (Wildman–Crippen LogP) is 3.32. The lowest BCUT2D eigenvalue weighted by molar-refractivity contribution is -0.274. The van der Waals surface area contributed by atoms with E-state index in [1.54, 1.807) is 7.05 Å². The van der Waals surface area contributed by atoms with Crippen LogP contribution >= 0.6 is 11.6 Å². The van der Waals surface area contributed by atoms with E-state index in [1.165, 1.54) is 22.9 Å². The summed E-state index contributed by atoms with van der Waals surface area (Å²) < 4.78 is 41.6. The molecule has 1 heterocycles. The van der Waals surface area contributed by atoms with Crippen molar-refractivity contribution >= 4 is 35.0 Å². The number of carbonyl (C=O) groups is 2. The van der Waals surface area contributed by atoms with Crippen molar-refractivity contribution in [1.29, 1.82) is 0 Å². The molecule has 3 amide bonds. The molecule has 0 spiro atoms. The van der Waals surface area contributed by atoms with E-state index < -0.39 is 24.1 Å². The summed E-state index contributed by atoms with van der Waals surface area (Å²) in [6.07, 6.45) is -2.74. The van der Waals surface area contributed by atoms with Gasteiger partial charge in [-0.3, -0.25) is 10.1 Å². The number of aryl methyl sites for hydroxylation is 1. The molecule has 152 valence electrons. The largest absolute Gasteiger partial charge is 0.573 e. The van der Waals surface area contributed by atoms with Gasteiger partial charge < -0.3 is 19.9 Å². The fourth-order valence-electron chi connectivity index (χ4n) is 2.10. The third kappa shape index (κ3) is 6.65. The second-order valence-electron chi connectivity index (χ2n) is 5.51. The van der Waals surface area contributed by atoms with Crippen LogP contribution in [-0.2, 0) is 7.05 Å². The Labute approximate surface area is 163 Å². The molecule has 0 fully saturated rings. The average molecular weight is 420 g/mol. The molecule has 12 heteroatoms. The molecule has 0 aliphatic rings. The Kier molecular flexibility index (Phi) is 7.10. The number of urea groups is 1. The molecule has 2 aromatic rings. The number of amides is 3. The number of hydrogen-bond acceptors (Lipinski definition) is 4. The Morgan fingerprint density at radius 3 is 2.50 bits per heavy atom. The number of alkyl halides is 4. The molecule has 0 saturated carbocycles. The molecule has 0 atom stereocenters. The van der Waals surface area contributed by atoms with Crippen LogP contribution in [0.4, 0.5) is 29.5 Å². The number of aromatic nitrogens is 2. The molecule has 3 N–H and O–H groups in total. The first-order valence-corrected chi connectivity index (χ1v) is 8.53. The molecule has 8 nitrogen and oxygen atoms in total. The maximum atomic E-state index is 12.1. The van der Waals surface area contributed by atoms with E-state index in [2.05, 4.69) is 25.7 Å². The summed E-state index contributed by atoms with van der Waals surface area (Å²) >= 11 is 5.54. The fraction of sp³-hybridized carbons (Fsp3) is 0.312. The Morgan fingerprint density at radius 1 is 1.21 bits per heavy atom. The van der Waals surface area contributed by atoms with E-state index in [9.17, 15) is 22.8 Å². The number of anilines is 2. The van der Waals surface area contributed by atoms with Crippen molar-refractivity contribution in [3.8, 4) is 5.75 Å². The maximum Gasteiger partial charge on any atom is 0.573 e. The Hall–Kier alpha value is -2.95. The van der Waals surface area contributed by atoms with Gasteiger partial charge in [-0.25, -0.2) is 9.78 Å². The van der Waals surface area contributed by atoms with Gasteiger partial charge in [0, 0.05) is 31.4 Å². The highest BCUT2D eigenvalue weighted by atomic mass is 35.5. The van der Waals surface area contributed by atoms with Crippen molar-refractivity contribution in [2.24, 2.45) is 7.05 Å². The van der Waals surface area contributed by atoms with Crippen molar-refractivity contribution < 1.29 is 27.5 Å². The van der Waals surface area contributed by atoms with Crippen molar-refractivity contribution in [2.45, 2.75) is 12.8 Å². The lowest BCUT2D eigenvalue weighted by atomic mass is 10.3. The number of imidazole rings is 1. The third-order valence-electron chi connectivity index (χ3n) is 3.26. The highest BCUT2D eigenvalue weighted by molar-refractivity contribution is 6.17. The van der Waals surface area contributed by atoms with Crippen LogP contribution in [0.5, 0.6) is 5.75 Å². The number of hydrogen-bond donors (Lipinski definition) is 3. The van der Waals surface area contributed by atoms with E-state index in [4.69, 9.17) is 11.6 Å². The zero-order valence-corrected chi connectivity index (χ0v) is 15.4. The molecule has 0 unspecified atom stereocenters. The summed E-state index contributed by atoms with van der Waals surface area (Å²) in [5, 5.41) is 7.50. The zero-order valence-electron chi connectivity index (χ0n) is 14.6. The standard InChI is InChI=1S/C16H17ClF3N5O3/c1-25-9-12(23-13(25)14(26)21-8-2-7-17)24-15(27)22-10-3-5-11(6-4-10)28-16(18,19)20/h3-6,9H,2,7-8H2,1H3,(H,21,26)(H2,22,24,27). The zero-order chi connectivity index (χ0) is 20.7. The van der Waals surface area contributed by atoms with Crippen molar-refractivity contribution in [2.75, 3.05) is 23.1 Å². The fourth-order valence-corrected chi connectivity index (χ4v) is 2.24. The number of nitrogens with one attached hydrogen (secondary N) is 3. The maximum absolute atomic E-state index is 12.1. The molecule has 1 aromatic carbocycles. The van der Waals surface area contributed by atoms with Gasteiger partial charge in [-0.2, -0.15) is 0 Å². The van der Waals surface area contributed by atoms with E-state index in [0.29, 0.717) is 18.8 Å². The molecule has 28 heavy (non-hydrogen) atoms. The van der Waals surface area contributed by atoms with Gasteiger partial charge in [-0.05, 0) is 30.7 Å². The SMILES string of the molecule is Cn1cc(NC(=O)Nc2ccc(OC(F)(F)F)cc2)nc1C(=O)NCCCCl. The Bertz CT molecular complexity index is 824. The smallest absolute Gasteiger partial charge is 0.406 e. The Morgan fingerprint density at radius 2 is 1.89 bits per heavy atom. The molecule has 0 radical (unpaired) electrons. The molecular formula is C16H17ClF3N5O3. The summed E-state index contributed by atoms with van der Waals surface area (Å²) in [6, 6.07) is 3.93. The molecule has 0 saturated heterocycles. The second-order valence-corrected chi connectivity index (χ2v) is 5.89. The summed E-state index contributed by atoms with van der Waals surface area (Å²) in [4.78, 5) is 28.0. The quantitative estimate of drug-likeness (QED) is 0.473. The van der Waals surface area contributed by atoms with Gasteiger partial charge in [0.2, 0.25) is 5.82 Å². The van der Waals surface area contributed by atoms with Gasteiger partial charge in [0.15, 0.2) is 5.82 Å². The first-order valence-electron chi connectivity index (χ1n) is 7.99. The van der Waals surface area contributed by atoms with Crippen LogP contribution in [-0.4, -0.2) is 40.3 Å². The lowest BCUT2D eigenvalue weighted by Crippen LogP contribution is -2.27. The molecular weight excluding hydrogens is 403 g/mol. The lowest BCUT2D eigenvalue weighted by Gasteiger charge is -2.10.